The summed E-state index contributed by atoms with van der Waals surface area (Å²) in [5.41, 5.74) is 1.52. The second kappa shape index (κ2) is 11.8. The van der Waals surface area contributed by atoms with Crippen molar-refractivity contribution in [2.75, 3.05) is 56.0 Å². The first kappa shape index (κ1) is 24.7. The molecule has 2 N–H and O–H groups in total. The first-order chi connectivity index (χ1) is 17.7. The van der Waals surface area contributed by atoms with Crippen LogP contribution in [0.1, 0.15) is 55.3 Å². The SMILES string of the molecule is O=C1Nc2cccnc2N(C(=O)NCCN2CCCC(CCCN3CCCCC3)C2)c2ccccc21. The number of hydrogen-bond donors (Lipinski definition) is 2. The number of pyridine rings is 1. The van der Waals surface area contributed by atoms with E-state index in [9.17, 15) is 9.59 Å². The summed E-state index contributed by atoms with van der Waals surface area (Å²) in [5, 5.41) is 5.96. The quantitative estimate of drug-likeness (QED) is 0.599. The van der Waals surface area contributed by atoms with E-state index in [1.54, 1.807) is 36.5 Å². The fourth-order valence-corrected chi connectivity index (χ4v) is 5.82. The van der Waals surface area contributed by atoms with Gasteiger partial charge in [0, 0.05) is 25.8 Å². The van der Waals surface area contributed by atoms with Gasteiger partial charge in [0.25, 0.3) is 5.91 Å². The van der Waals surface area contributed by atoms with Gasteiger partial charge in [-0.2, -0.15) is 0 Å². The lowest BCUT2D eigenvalue weighted by molar-refractivity contribution is 0.102. The number of amides is 3. The van der Waals surface area contributed by atoms with Gasteiger partial charge in [0.05, 0.1) is 16.9 Å². The molecular formula is C28H38N6O2. The number of aromatic nitrogens is 1. The second-order valence-corrected chi connectivity index (χ2v) is 10.3. The number of rotatable bonds is 7. The molecular weight excluding hydrogens is 452 g/mol. The molecule has 1 aromatic carbocycles. The van der Waals surface area contributed by atoms with E-state index in [1.165, 1.54) is 69.5 Å². The minimum absolute atomic E-state index is 0.241. The summed E-state index contributed by atoms with van der Waals surface area (Å²) in [5.74, 6) is 0.944. The molecule has 0 radical (unpaired) electrons. The summed E-state index contributed by atoms with van der Waals surface area (Å²) >= 11 is 0. The van der Waals surface area contributed by atoms with Crippen LogP contribution >= 0.6 is 0 Å². The summed E-state index contributed by atoms with van der Waals surface area (Å²) in [7, 11) is 0. The number of piperidine rings is 2. The average Bonchev–Trinajstić information content (AvgIpc) is 3.03. The Hall–Kier alpha value is -2.97. The number of carbonyl (C=O) groups is 2. The van der Waals surface area contributed by atoms with E-state index in [2.05, 4.69) is 25.4 Å². The average molecular weight is 491 g/mol. The molecule has 1 atom stereocenters. The smallest absolute Gasteiger partial charge is 0.327 e. The van der Waals surface area contributed by atoms with Crippen LogP contribution in [0.15, 0.2) is 42.6 Å². The van der Waals surface area contributed by atoms with Crippen molar-refractivity contribution in [1.29, 1.82) is 0 Å². The Kier molecular flexibility index (Phi) is 8.13. The van der Waals surface area contributed by atoms with Crippen molar-refractivity contribution >= 4 is 29.1 Å². The van der Waals surface area contributed by atoms with Crippen LogP contribution in [0.5, 0.6) is 0 Å². The van der Waals surface area contributed by atoms with E-state index in [4.69, 9.17) is 0 Å². The van der Waals surface area contributed by atoms with Gasteiger partial charge in [0.2, 0.25) is 0 Å². The van der Waals surface area contributed by atoms with Gasteiger partial charge >= 0.3 is 6.03 Å². The molecule has 0 aliphatic carbocycles. The predicted octanol–water partition coefficient (Wildman–Crippen LogP) is 4.47. The van der Waals surface area contributed by atoms with E-state index >= 15 is 0 Å². The molecule has 3 aliphatic rings. The summed E-state index contributed by atoms with van der Waals surface area (Å²) in [4.78, 5) is 37.2. The number of likely N-dealkylation sites (tertiary alicyclic amines) is 2. The number of anilines is 3. The zero-order valence-corrected chi connectivity index (χ0v) is 21.1. The van der Waals surface area contributed by atoms with Crippen LogP contribution in [0.4, 0.5) is 22.0 Å². The van der Waals surface area contributed by atoms with Gasteiger partial charge in [-0.1, -0.05) is 18.6 Å². The Morgan fingerprint density at radius 2 is 1.83 bits per heavy atom. The van der Waals surface area contributed by atoms with E-state index < -0.39 is 0 Å². The fourth-order valence-electron chi connectivity index (χ4n) is 5.82. The number of para-hydroxylation sites is 1. The van der Waals surface area contributed by atoms with Crippen molar-refractivity contribution in [3.05, 3.63) is 48.2 Å². The molecule has 0 bridgehead atoms. The molecule has 2 saturated heterocycles. The summed E-state index contributed by atoms with van der Waals surface area (Å²) in [6.45, 7) is 7.40. The molecule has 3 amide bonds. The molecule has 36 heavy (non-hydrogen) atoms. The Balaban J connectivity index is 1.15. The molecule has 8 nitrogen and oxygen atoms in total. The molecule has 5 rings (SSSR count). The van der Waals surface area contributed by atoms with Crippen LogP contribution in [-0.4, -0.2) is 72.5 Å². The summed E-state index contributed by atoms with van der Waals surface area (Å²) in [6.07, 6.45) is 10.9. The Morgan fingerprint density at radius 3 is 2.72 bits per heavy atom. The van der Waals surface area contributed by atoms with Crippen LogP contribution in [0.25, 0.3) is 0 Å². The highest BCUT2D eigenvalue weighted by molar-refractivity contribution is 6.16. The Morgan fingerprint density at radius 1 is 1.00 bits per heavy atom. The first-order valence-electron chi connectivity index (χ1n) is 13.6. The molecule has 3 aliphatic heterocycles. The highest BCUT2D eigenvalue weighted by Gasteiger charge is 2.30. The molecule has 1 aromatic heterocycles. The minimum Gasteiger partial charge on any atom is -0.336 e. The molecule has 0 saturated carbocycles. The van der Waals surface area contributed by atoms with Crippen molar-refractivity contribution < 1.29 is 9.59 Å². The molecule has 2 fully saturated rings. The van der Waals surface area contributed by atoms with E-state index in [0.29, 0.717) is 29.3 Å². The van der Waals surface area contributed by atoms with Crippen molar-refractivity contribution in [2.45, 2.75) is 44.9 Å². The van der Waals surface area contributed by atoms with Crippen LogP contribution < -0.4 is 15.5 Å². The highest BCUT2D eigenvalue weighted by Crippen LogP contribution is 2.36. The lowest BCUT2D eigenvalue weighted by Crippen LogP contribution is -2.44. The second-order valence-electron chi connectivity index (χ2n) is 10.3. The van der Waals surface area contributed by atoms with Gasteiger partial charge in [-0.3, -0.25) is 4.79 Å². The minimum atomic E-state index is -0.269. The molecule has 2 aromatic rings. The maximum absolute atomic E-state index is 13.4. The third-order valence-electron chi connectivity index (χ3n) is 7.68. The molecule has 1 unspecified atom stereocenters. The predicted molar refractivity (Wildman–Crippen MR) is 143 cm³/mol. The van der Waals surface area contributed by atoms with Gasteiger partial charge in [0.15, 0.2) is 5.82 Å². The third-order valence-corrected chi connectivity index (χ3v) is 7.68. The topological polar surface area (TPSA) is 80.8 Å². The number of carbonyl (C=O) groups excluding carboxylic acids is 2. The Bertz CT molecular complexity index is 1050. The lowest BCUT2D eigenvalue weighted by atomic mass is 9.93. The molecule has 8 heteroatoms. The van der Waals surface area contributed by atoms with Gasteiger partial charge in [-0.25, -0.2) is 14.7 Å². The number of nitrogens with zero attached hydrogens (tertiary/aromatic N) is 4. The van der Waals surface area contributed by atoms with E-state index in [-0.39, 0.29) is 11.9 Å². The van der Waals surface area contributed by atoms with Crippen LogP contribution in [0.3, 0.4) is 0 Å². The zero-order valence-electron chi connectivity index (χ0n) is 21.1. The zero-order chi connectivity index (χ0) is 24.7. The van der Waals surface area contributed by atoms with Gasteiger partial charge in [-0.15, -0.1) is 0 Å². The third kappa shape index (κ3) is 5.87. The van der Waals surface area contributed by atoms with Gasteiger partial charge in [0.1, 0.15) is 0 Å². The monoisotopic (exact) mass is 490 g/mol. The highest BCUT2D eigenvalue weighted by atomic mass is 16.2. The standard InChI is InChI=1S/C28H38N6O2/c35-27-23-11-2-3-13-25(23)34(26-24(31-27)12-6-14-29-26)28(36)30-15-20-33-19-8-10-22(21-33)9-7-18-32-16-4-1-5-17-32/h2-3,6,11-14,22H,1,4-5,7-10,15-21H2,(H,30,36)(H,31,35). The van der Waals surface area contributed by atoms with E-state index in [0.717, 1.165) is 25.6 Å². The fraction of sp³-hybridized carbons (Fsp3) is 0.536. The first-order valence-corrected chi connectivity index (χ1v) is 13.6. The normalized spacial score (nSPS) is 20.7. The molecule has 0 spiro atoms. The van der Waals surface area contributed by atoms with Crippen LogP contribution in [0.2, 0.25) is 0 Å². The number of benzene rings is 1. The molecule has 192 valence electrons. The van der Waals surface area contributed by atoms with E-state index in [1.807, 2.05) is 6.07 Å². The maximum atomic E-state index is 13.4. The number of nitrogens with one attached hydrogen (secondary N) is 2. The number of urea groups is 1. The van der Waals surface area contributed by atoms with Gasteiger partial charge < -0.3 is 20.4 Å². The van der Waals surface area contributed by atoms with Crippen LogP contribution in [0, 0.1) is 5.92 Å². The van der Waals surface area contributed by atoms with Crippen LogP contribution in [-0.2, 0) is 0 Å². The van der Waals surface area contributed by atoms with Crippen molar-refractivity contribution in [3.8, 4) is 0 Å². The number of fused-ring (bicyclic) bond motifs is 2. The number of hydrogen-bond acceptors (Lipinski definition) is 5. The van der Waals surface area contributed by atoms with Gasteiger partial charge in [-0.05, 0) is 94.9 Å². The van der Waals surface area contributed by atoms with Crippen molar-refractivity contribution in [2.24, 2.45) is 5.92 Å². The Labute approximate surface area is 214 Å². The maximum Gasteiger partial charge on any atom is 0.327 e. The summed E-state index contributed by atoms with van der Waals surface area (Å²) < 4.78 is 0. The van der Waals surface area contributed by atoms with Crippen molar-refractivity contribution in [3.63, 3.8) is 0 Å². The summed E-state index contributed by atoms with van der Waals surface area (Å²) in [6, 6.07) is 10.4. The largest absolute Gasteiger partial charge is 0.336 e. The lowest BCUT2D eigenvalue weighted by Gasteiger charge is -2.33. The molecule has 4 heterocycles. The van der Waals surface area contributed by atoms with Crippen molar-refractivity contribution in [1.82, 2.24) is 20.1 Å².